The Hall–Kier alpha value is -2.20. The van der Waals surface area contributed by atoms with Crippen molar-refractivity contribution in [3.05, 3.63) is 75.3 Å². The highest BCUT2D eigenvalue weighted by Crippen LogP contribution is 2.16. The fourth-order valence-corrected chi connectivity index (χ4v) is 2.56. The van der Waals surface area contributed by atoms with E-state index in [-0.39, 0.29) is 5.91 Å². The van der Waals surface area contributed by atoms with E-state index in [9.17, 15) is 4.79 Å². The second kappa shape index (κ2) is 8.60. The fourth-order valence-electron chi connectivity index (χ4n) is 2.16. The molecule has 0 aliphatic rings. The molecule has 0 spiro atoms. The van der Waals surface area contributed by atoms with Crippen LogP contribution in [-0.2, 0) is 0 Å². The van der Waals surface area contributed by atoms with Crippen LogP contribution in [-0.4, -0.2) is 12.1 Å². The second-order valence-corrected chi connectivity index (χ2v) is 6.83. The zero-order valence-corrected chi connectivity index (χ0v) is 15.7. The molecule has 0 unspecified atom stereocenters. The van der Waals surface area contributed by atoms with E-state index in [1.807, 2.05) is 25.1 Å². The minimum absolute atomic E-state index is 0.235. The first-order chi connectivity index (χ1) is 11.5. The van der Waals surface area contributed by atoms with Gasteiger partial charge in [-0.25, -0.2) is 5.43 Å². The Kier molecular flexibility index (Phi) is 6.50. The van der Waals surface area contributed by atoms with Gasteiger partial charge in [0.15, 0.2) is 0 Å². The smallest absolute Gasteiger partial charge is 0.267 e. The SMILES string of the molecule is CC(/C=N\NC(=O)c1cccc(Br)c1)=C/c1ccc(C(C)C)cc1. The van der Waals surface area contributed by atoms with Gasteiger partial charge < -0.3 is 0 Å². The lowest BCUT2D eigenvalue weighted by molar-refractivity contribution is 0.0955. The van der Waals surface area contributed by atoms with Gasteiger partial charge in [-0.1, -0.05) is 66.2 Å². The molecule has 24 heavy (non-hydrogen) atoms. The van der Waals surface area contributed by atoms with E-state index in [1.165, 1.54) is 5.56 Å². The van der Waals surface area contributed by atoms with Crippen molar-refractivity contribution in [1.29, 1.82) is 0 Å². The summed E-state index contributed by atoms with van der Waals surface area (Å²) in [6.07, 6.45) is 3.67. The first-order valence-corrected chi connectivity index (χ1v) is 8.62. The van der Waals surface area contributed by atoms with Gasteiger partial charge in [0.25, 0.3) is 5.91 Å². The molecule has 0 bridgehead atoms. The van der Waals surface area contributed by atoms with Crippen molar-refractivity contribution in [1.82, 2.24) is 5.43 Å². The summed E-state index contributed by atoms with van der Waals surface area (Å²) in [4.78, 5) is 12.0. The summed E-state index contributed by atoms with van der Waals surface area (Å²) in [6.45, 7) is 6.30. The van der Waals surface area contributed by atoms with Crippen molar-refractivity contribution >= 4 is 34.1 Å². The molecule has 2 aromatic carbocycles. The highest BCUT2D eigenvalue weighted by molar-refractivity contribution is 9.10. The van der Waals surface area contributed by atoms with E-state index < -0.39 is 0 Å². The third kappa shape index (κ3) is 5.46. The fraction of sp³-hybridized carbons (Fsp3) is 0.200. The predicted molar refractivity (Wildman–Crippen MR) is 104 cm³/mol. The number of hydrogen-bond donors (Lipinski definition) is 1. The van der Waals surface area contributed by atoms with Gasteiger partial charge in [0.1, 0.15) is 0 Å². The lowest BCUT2D eigenvalue weighted by Crippen LogP contribution is -2.17. The average molecular weight is 385 g/mol. The standard InChI is InChI=1S/C20H21BrN2O/c1-14(2)17-9-7-16(8-10-17)11-15(3)13-22-23-20(24)18-5-4-6-19(21)12-18/h4-14H,1-3H3,(H,23,24)/b15-11-,22-13-. The van der Waals surface area contributed by atoms with Gasteiger partial charge in [0.05, 0.1) is 6.21 Å². The van der Waals surface area contributed by atoms with Gasteiger partial charge in [-0.15, -0.1) is 0 Å². The number of amides is 1. The van der Waals surface area contributed by atoms with Gasteiger partial charge in [-0.3, -0.25) is 4.79 Å². The molecule has 0 saturated heterocycles. The first-order valence-electron chi connectivity index (χ1n) is 7.83. The van der Waals surface area contributed by atoms with E-state index in [0.717, 1.165) is 15.6 Å². The summed E-state index contributed by atoms with van der Waals surface area (Å²) < 4.78 is 0.861. The highest BCUT2D eigenvalue weighted by Gasteiger charge is 2.03. The first kappa shape index (κ1) is 18.1. The quantitative estimate of drug-likeness (QED) is 0.544. The zero-order valence-electron chi connectivity index (χ0n) is 14.1. The molecule has 0 radical (unpaired) electrons. The molecule has 2 aromatic rings. The molecule has 0 aromatic heterocycles. The number of hydrogen-bond acceptors (Lipinski definition) is 2. The van der Waals surface area contributed by atoms with Crippen LogP contribution < -0.4 is 5.43 Å². The topological polar surface area (TPSA) is 41.5 Å². The number of allylic oxidation sites excluding steroid dienone is 1. The maximum absolute atomic E-state index is 12.0. The van der Waals surface area contributed by atoms with Crippen molar-refractivity contribution in [2.45, 2.75) is 26.7 Å². The summed E-state index contributed by atoms with van der Waals surface area (Å²) in [6, 6.07) is 15.6. The molecule has 1 N–H and O–H groups in total. The summed E-state index contributed by atoms with van der Waals surface area (Å²) in [5.74, 6) is 0.292. The molecule has 0 aliphatic carbocycles. The van der Waals surface area contributed by atoms with Crippen LogP contribution in [0.1, 0.15) is 48.2 Å². The lowest BCUT2D eigenvalue weighted by Gasteiger charge is -2.05. The Morgan fingerprint density at radius 1 is 1.17 bits per heavy atom. The Morgan fingerprint density at radius 3 is 2.50 bits per heavy atom. The third-order valence-electron chi connectivity index (χ3n) is 3.52. The molecule has 124 valence electrons. The Labute approximate surface area is 151 Å². The molecule has 4 heteroatoms. The van der Waals surface area contributed by atoms with E-state index >= 15 is 0 Å². The molecule has 0 fully saturated rings. The number of hydrazone groups is 1. The maximum atomic E-state index is 12.0. The van der Waals surface area contributed by atoms with Gasteiger partial charge in [0, 0.05) is 10.0 Å². The molecular formula is C20H21BrN2O. The Balaban J connectivity index is 1.96. The lowest BCUT2D eigenvalue weighted by atomic mass is 10.0. The zero-order chi connectivity index (χ0) is 17.5. The second-order valence-electron chi connectivity index (χ2n) is 5.92. The van der Waals surface area contributed by atoms with E-state index in [2.05, 4.69) is 64.6 Å². The van der Waals surface area contributed by atoms with Crippen LogP contribution in [0.15, 0.2) is 63.7 Å². The Bertz CT molecular complexity index is 761. The van der Waals surface area contributed by atoms with Gasteiger partial charge in [-0.2, -0.15) is 5.10 Å². The number of carbonyl (C=O) groups is 1. The number of nitrogens with one attached hydrogen (secondary N) is 1. The minimum atomic E-state index is -0.235. The molecule has 1 amide bonds. The van der Waals surface area contributed by atoms with Crippen molar-refractivity contribution < 1.29 is 4.79 Å². The number of rotatable bonds is 5. The van der Waals surface area contributed by atoms with Crippen molar-refractivity contribution in [2.24, 2.45) is 5.10 Å². The minimum Gasteiger partial charge on any atom is -0.267 e. The molecular weight excluding hydrogens is 364 g/mol. The van der Waals surface area contributed by atoms with Crippen LogP contribution >= 0.6 is 15.9 Å². The van der Waals surface area contributed by atoms with Crippen molar-refractivity contribution in [3.8, 4) is 0 Å². The normalized spacial score (nSPS) is 12.0. The summed E-state index contributed by atoms with van der Waals surface area (Å²) >= 11 is 3.35. The van der Waals surface area contributed by atoms with E-state index in [1.54, 1.807) is 18.3 Å². The monoisotopic (exact) mass is 384 g/mol. The van der Waals surface area contributed by atoms with E-state index in [0.29, 0.717) is 11.5 Å². The maximum Gasteiger partial charge on any atom is 0.271 e. The molecule has 0 heterocycles. The number of benzene rings is 2. The van der Waals surface area contributed by atoms with Crippen LogP contribution in [0.25, 0.3) is 6.08 Å². The number of carbonyl (C=O) groups excluding carboxylic acids is 1. The van der Waals surface area contributed by atoms with Crippen LogP contribution in [0, 0.1) is 0 Å². The molecule has 0 aliphatic heterocycles. The molecule has 0 saturated carbocycles. The largest absolute Gasteiger partial charge is 0.271 e. The van der Waals surface area contributed by atoms with Gasteiger partial charge >= 0.3 is 0 Å². The highest BCUT2D eigenvalue weighted by atomic mass is 79.9. The number of halogens is 1. The molecule has 0 atom stereocenters. The summed E-state index contributed by atoms with van der Waals surface area (Å²) in [5.41, 5.74) is 6.49. The van der Waals surface area contributed by atoms with Crippen LogP contribution in [0.2, 0.25) is 0 Å². The van der Waals surface area contributed by atoms with Crippen molar-refractivity contribution in [2.75, 3.05) is 0 Å². The summed E-state index contributed by atoms with van der Waals surface area (Å²) in [7, 11) is 0. The van der Waals surface area contributed by atoms with Gasteiger partial charge in [-0.05, 0) is 47.7 Å². The van der Waals surface area contributed by atoms with Gasteiger partial charge in [0.2, 0.25) is 0 Å². The number of nitrogens with zero attached hydrogens (tertiary/aromatic N) is 1. The molecule has 3 nitrogen and oxygen atoms in total. The van der Waals surface area contributed by atoms with Crippen LogP contribution in [0.4, 0.5) is 0 Å². The van der Waals surface area contributed by atoms with E-state index in [4.69, 9.17) is 0 Å². The van der Waals surface area contributed by atoms with Crippen molar-refractivity contribution in [3.63, 3.8) is 0 Å². The van der Waals surface area contributed by atoms with Crippen LogP contribution in [0.3, 0.4) is 0 Å². The summed E-state index contributed by atoms with van der Waals surface area (Å²) in [5, 5.41) is 4.01. The average Bonchev–Trinajstić information content (AvgIpc) is 2.55. The third-order valence-corrected chi connectivity index (χ3v) is 4.01. The predicted octanol–water partition coefficient (Wildman–Crippen LogP) is 5.39. The molecule has 2 rings (SSSR count). The van der Waals surface area contributed by atoms with Crippen LogP contribution in [0.5, 0.6) is 0 Å². The Morgan fingerprint density at radius 2 is 1.88 bits per heavy atom.